The molecule has 6 nitrogen and oxygen atoms in total. The van der Waals surface area contributed by atoms with Crippen LogP contribution in [0.15, 0.2) is 46.5 Å². The molecular weight excluding hydrogens is 340 g/mol. The summed E-state index contributed by atoms with van der Waals surface area (Å²) in [7, 11) is 0. The fraction of sp³-hybridized carbons (Fsp3) is 0.267. The van der Waals surface area contributed by atoms with Gasteiger partial charge in [-0.3, -0.25) is 9.59 Å². The molecule has 2 aromatic rings. The number of halogens is 2. The van der Waals surface area contributed by atoms with E-state index in [1.54, 1.807) is 12.1 Å². The molecule has 1 heterocycles. The lowest BCUT2D eigenvalue weighted by molar-refractivity contribution is -0.118. The molecule has 9 heteroatoms. The topological polar surface area (TPSA) is 84.1 Å². The van der Waals surface area contributed by atoms with Crippen LogP contribution in [0.1, 0.15) is 5.56 Å². The van der Waals surface area contributed by atoms with E-state index in [1.807, 2.05) is 0 Å². The maximum atomic E-state index is 12.0. The van der Waals surface area contributed by atoms with Crippen molar-refractivity contribution < 1.29 is 18.3 Å². The van der Waals surface area contributed by atoms with E-state index >= 15 is 0 Å². The van der Waals surface area contributed by atoms with E-state index in [2.05, 4.69) is 20.0 Å². The molecule has 0 aliphatic rings. The van der Waals surface area contributed by atoms with E-state index in [-0.39, 0.29) is 23.0 Å². The predicted molar refractivity (Wildman–Crippen MR) is 85.4 cm³/mol. The largest absolute Gasteiger partial charge is 0.435 e. The standard InChI is InChI=1S/C15H15F2N3O3S/c16-14(17)23-11-3-1-10(2-4-11)5-7-18-13(22)9-24-15-19-8-6-12(21)20-15/h1-4,6,8,14H,5,7,9H2,(H,18,22)(H,19,20,21). The Morgan fingerprint density at radius 3 is 2.71 bits per heavy atom. The lowest BCUT2D eigenvalue weighted by atomic mass is 10.1. The molecule has 0 spiro atoms. The third kappa shape index (κ3) is 6.37. The summed E-state index contributed by atoms with van der Waals surface area (Å²) in [6.45, 7) is -2.44. The maximum Gasteiger partial charge on any atom is 0.387 e. The molecule has 0 aliphatic carbocycles. The average Bonchev–Trinajstić information content (AvgIpc) is 2.54. The lowest BCUT2D eigenvalue weighted by Gasteiger charge is -2.07. The van der Waals surface area contributed by atoms with Gasteiger partial charge in [0.15, 0.2) is 5.16 Å². The Labute approximate surface area is 140 Å². The first-order valence-corrected chi connectivity index (χ1v) is 8.00. The molecule has 0 aliphatic heterocycles. The number of amides is 1. The highest BCUT2D eigenvalue weighted by Crippen LogP contribution is 2.15. The lowest BCUT2D eigenvalue weighted by Crippen LogP contribution is -2.27. The van der Waals surface area contributed by atoms with E-state index in [1.165, 1.54) is 24.4 Å². The molecule has 1 aromatic heterocycles. The number of rotatable bonds is 8. The van der Waals surface area contributed by atoms with E-state index in [9.17, 15) is 18.4 Å². The number of H-pyrrole nitrogens is 1. The molecule has 2 rings (SSSR count). The first-order valence-electron chi connectivity index (χ1n) is 7.01. The second-order valence-corrected chi connectivity index (χ2v) is 5.61. The molecule has 128 valence electrons. The first-order chi connectivity index (χ1) is 11.5. The highest BCUT2D eigenvalue weighted by Gasteiger charge is 2.05. The highest BCUT2D eigenvalue weighted by atomic mass is 32.2. The second kappa shape index (κ2) is 9.02. The molecule has 1 amide bonds. The van der Waals surface area contributed by atoms with E-state index in [0.717, 1.165) is 17.3 Å². The number of hydrogen-bond acceptors (Lipinski definition) is 5. The van der Waals surface area contributed by atoms with Gasteiger partial charge in [0.1, 0.15) is 5.75 Å². The molecule has 1 aromatic carbocycles. The van der Waals surface area contributed by atoms with Gasteiger partial charge in [0.05, 0.1) is 5.75 Å². The Balaban J connectivity index is 1.69. The number of hydrogen-bond donors (Lipinski definition) is 2. The van der Waals surface area contributed by atoms with Crippen LogP contribution in [0.4, 0.5) is 8.78 Å². The van der Waals surface area contributed by atoms with Crippen molar-refractivity contribution in [3.05, 3.63) is 52.4 Å². The van der Waals surface area contributed by atoms with Crippen molar-refractivity contribution in [3.8, 4) is 5.75 Å². The number of carbonyl (C=O) groups excluding carboxylic acids is 1. The Morgan fingerprint density at radius 2 is 2.04 bits per heavy atom. The SMILES string of the molecule is O=C(CSc1nccc(=O)[nH]1)NCCc1ccc(OC(F)F)cc1. The molecule has 0 saturated carbocycles. The van der Waals surface area contributed by atoms with Gasteiger partial charge in [-0.25, -0.2) is 4.98 Å². The van der Waals surface area contributed by atoms with Crippen molar-refractivity contribution in [2.24, 2.45) is 0 Å². The summed E-state index contributed by atoms with van der Waals surface area (Å²) in [6, 6.07) is 7.53. The van der Waals surface area contributed by atoms with Gasteiger partial charge in [-0.2, -0.15) is 8.78 Å². The molecule has 2 N–H and O–H groups in total. The number of alkyl halides is 2. The minimum Gasteiger partial charge on any atom is -0.435 e. The van der Waals surface area contributed by atoms with Crippen LogP contribution in [0.2, 0.25) is 0 Å². The molecular formula is C15H15F2N3O3S. The number of ether oxygens (including phenoxy) is 1. The van der Waals surface area contributed by atoms with Crippen molar-refractivity contribution in [1.82, 2.24) is 15.3 Å². The Hall–Kier alpha value is -2.42. The van der Waals surface area contributed by atoms with Gasteiger partial charge in [-0.15, -0.1) is 0 Å². The smallest absolute Gasteiger partial charge is 0.387 e. The Kier molecular flexibility index (Phi) is 6.74. The summed E-state index contributed by atoms with van der Waals surface area (Å²) in [5.41, 5.74) is 0.616. The van der Waals surface area contributed by atoms with Crippen molar-refractivity contribution in [2.45, 2.75) is 18.2 Å². The average molecular weight is 355 g/mol. The van der Waals surface area contributed by atoms with E-state index in [4.69, 9.17) is 0 Å². The monoisotopic (exact) mass is 355 g/mol. The number of nitrogens with one attached hydrogen (secondary N) is 2. The minimum atomic E-state index is -2.85. The highest BCUT2D eigenvalue weighted by molar-refractivity contribution is 7.99. The third-order valence-corrected chi connectivity index (χ3v) is 3.76. The Morgan fingerprint density at radius 1 is 1.29 bits per heavy atom. The fourth-order valence-corrected chi connectivity index (χ4v) is 2.47. The Bertz CT molecular complexity index is 722. The van der Waals surface area contributed by atoms with Gasteiger partial charge in [-0.05, 0) is 24.1 Å². The minimum absolute atomic E-state index is 0.0959. The zero-order valence-electron chi connectivity index (χ0n) is 12.5. The third-order valence-electron chi connectivity index (χ3n) is 2.87. The maximum absolute atomic E-state index is 12.0. The number of carbonyl (C=O) groups is 1. The summed E-state index contributed by atoms with van der Waals surface area (Å²) < 4.78 is 28.3. The molecule has 0 atom stereocenters. The van der Waals surface area contributed by atoms with Gasteiger partial charge in [0, 0.05) is 18.8 Å². The number of nitrogens with zero attached hydrogens (tertiary/aromatic N) is 1. The molecule has 0 fully saturated rings. The number of aromatic amines is 1. The van der Waals surface area contributed by atoms with Gasteiger partial charge in [-0.1, -0.05) is 23.9 Å². The fourth-order valence-electron chi connectivity index (χ4n) is 1.79. The quantitative estimate of drug-likeness (QED) is 0.557. The summed E-state index contributed by atoms with van der Waals surface area (Å²) in [4.78, 5) is 29.2. The van der Waals surface area contributed by atoms with Gasteiger partial charge < -0.3 is 15.0 Å². The molecule has 0 unspecified atom stereocenters. The first kappa shape index (κ1) is 17.9. The second-order valence-electron chi connectivity index (χ2n) is 4.65. The van der Waals surface area contributed by atoms with Crippen LogP contribution in [0.3, 0.4) is 0 Å². The van der Waals surface area contributed by atoms with Crippen LogP contribution < -0.4 is 15.6 Å². The zero-order valence-corrected chi connectivity index (χ0v) is 13.3. The van der Waals surface area contributed by atoms with E-state index < -0.39 is 6.61 Å². The van der Waals surface area contributed by atoms with Crippen molar-refractivity contribution in [3.63, 3.8) is 0 Å². The molecule has 0 saturated heterocycles. The molecule has 0 bridgehead atoms. The number of aromatic nitrogens is 2. The van der Waals surface area contributed by atoms with Crippen LogP contribution in [-0.4, -0.2) is 34.8 Å². The van der Waals surface area contributed by atoms with Gasteiger partial charge >= 0.3 is 6.61 Å². The summed E-state index contributed by atoms with van der Waals surface area (Å²) in [5.74, 6) is 0.0383. The van der Waals surface area contributed by atoms with E-state index in [0.29, 0.717) is 18.1 Å². The van der Waals surface area contributed by atoms with Crippen LogP contribution in [0.25, 0.3) is 0 Å². The van der Waals surface area contributed by atoms with Crippen LogP contribution in [-0.2, 0) is 11.2 Å². The number of thioether (sulfide) groups is 1. The van der Waals surface area contributed by atoms with Crippen molar-refractivity contribution >= 4 is 17.7 Å². The molecule has 0 radical (unpaired) electrons. The summed E-state index contributed by atoms with van der Waals surface area (Å²) >= 11 is 1.13. The predicted octanol–water partition coefficient (Wildman–Crippen LogP) is 1.82. The number of benzene rings is 1. The van der Waals surface area contributed by atoms with Crippen molar-refractivity contribution in [2.75, 3.05) is 12.3 Å². The van der Waals surface area contributed by atoms with Gasteiger partial charge in [0.2, 0.25) is 5.91 Å². The van der Waals surface area contributed by atoms with Gasteiger partial charge in [0.25, 0.3) is 5.56 Å². The van der Waals surface area contributed by atoms with Crippen LogP contribution in [0, 0.1) is 0 Å². The summed E-state index contributed by atoms with van der Waals surface area (Å²) in [6.07, 6.45) is 1.94. The zero-order chi connectivity index (χ0) is 17.4. The summed E-state index contributed by atoms with van der Waals surface area (Å²) in [5, 5.41) is 3.11. The van der Waals surface area contributed by atoms with Crippen molar-refractivity contribution in [1.29, 1.82) is 0 Å². The van der Waals surface area contributed by atoms with Crippen LogP contribution >= 0.6 is 11.8 Å². The van der Waals surface area contributed by atoms with Crippen LogP contribution in [0.5, 0.6) is 5.75 Å². The molecule has 24 heavy (non-hydrogen) atoms. The normalized spacial score (nSPS) is 10.6.